The Morgan fingerprint density at radius 3 is 2.58 bits per heavy atom. The van der Waals surface area contributed by atoms with E-state index in [1.807, 2.05) is 0 Å². The third kappa shape index (κ3) is 5.33. The Kier molecular flexibility index (Phi) is 8.83. The van der Waals surface area contributed by atoms with Gasteiger partial charge < -0.3 is 29.9 Å². The number of aliphatic hydroxyl groups excluding tert-OH is 2. The molecule has 3 N–H and O–H groups in total. The third-order valence-electron chi connectivity index (χ3n) is 7.77. The number of methoxy groups -OCH3 is 1. The van der Waals surface area contributed by atoms with E-state index in [1.165, 1.54) is 18.1 Å². The predicted octanol–water partition coefficient (Wildman–Crippen LogP) is 1.52. The molecule has 2 amide bonds. The van der Waals surface area contributed by atoms with Gasteiger partial charge in [-0.25, -0.2) is 0 Å². The minimum Gasteiger partial charge on any atom is -0.493 e. The average molecular weight is 529 g/mol. The van der Waals surface area contributed by atoms with Crippen molar-refractivity contribution in [3.05, 3.63) is 34.9 Å². The Labute approximate surface area is 222 Å². The summed E-state index contributed by atoms with van der Waals surface area (Å²) in [6.45, 7) is 1.64. The van der Waals surface area contributed by atoms with Crippen LogP contribution < -0.4 is 14.8 Å². The van der Waals surface area contributed by atoms with Gasteiger partial charge in [0, 0.05) is 36.2 Å². The molecule has 38 heavy (non-hydrogen) atoms. The summed E-state index contributed by atoms with van der Waals surface area (Å²) in [4.78, 5) is 52.3. The largest absolute Gasteiger partial charge is 0.493 e. The van der Waals surface area contributed by atoms with E-state index in [1.54, 1.807) is 19.1 Å². The summed E-state index contributed by atoms with van der Waals surface area (Å²) in [6.07, 6.45) is 5.03. The molecule has 4 unspecified atom stereocenters. The number of carbonyl (C=O) groups excluding carboxylic acids is 4. The minimum atomic E-state index is -1.26. The van der Waals surface area contributed by atoms with Crippen molar-refractivity contribution in [1.29, 1.82) is 0 Å². The number of amides is 2. The van der Waals surface area contributed by atoms with Crippen LogP contribution in [0.25, 0.3) is 0 Å². The van der Waals surface area contributed by atoms with Gasteiger partial charge in [0.2, 0.25) is 11.7 Å². The number of rotatable bonds is 10. The van der Waals surface area contributed by atoms with Gasteiger partial charge in [-0.15, -0.1) is 0 Å². The highest BCUT2D eigenvalue weighted by molar-refractivity contribution is 6.36. The van der Waals surface area contributed by atoms with Crippen molar-refractivity contribution in [3.8, 4) is 11.5 Å². The SMILES string of the molecule is CCC(=O)C(=O)N(CC1CCCCC1)C1C=C(C(=O)NCCO)C2c3cc(C=O)cc(OC)c3OC2C1O. The number of hydrogen-bond donors (Lipinski definition) is 3. The number of Topliss-reactive ketones (excluding diaryl/α,β-unsaturated/α-hetero) is 1. The van der Waals surface area contributed by atoms with Gasteiger partial charge in [-0.2, -0.15) is 0 Å². The lowest BCUT2D eigenvalue weighted by molar-refractivity contribution is -0.149. The molecule has 1 saturated carbocycles. The van der Waals surface area contributed by atoms with Crippen LogP contribution in [-0.4, -0.2) is 84.1 Å². The van der Waals surface area contributed by atoms with E-state index in [4.69, 9.17) is 9.47 Å². The number of benzene rings is 1. The lowest BCUT2D eigenvalue weighted by Gasteiger charge is -2.42. The molecule has 0 spiro atoms. The van der Waals surface area contributed by atoms with Crippen LogP contribution in [0.15, 0.2) is 23.8 Å². The highest BCUT2D eigenvalue weighted by Crippen LogP contribution is 2.51. The van der Waals surface area contributed by atoms with Gasteiger partial charge in [-0.3, -0.25) is 19.2 Å². The van der Waals surface area contributed by atoms with Crippen LogP contribution >= 0.6 is 0 Å². The van der Waals surface area contributed by atoms with Crippen LogP contribution in [0.3, 0.4) is 0 Å². The van der Waals surface area contributed by atoms with E-state index >= 15 is 0 Å². The molecule has 10 heteroatoms. The van der Waals surface area contributed by atoms with Gasteiger partial charge in [0.25, 0.3) is 5.91 Å². The normalized spacial score (nSPS) is 24.4. The van der Waals surface area contributed by atoms with Crippen molar-refractivity contribution >= 4 is 23.9 Å². The molecule has 206 valence electrons. The van der Waals surface area contributed by atoms with Crippen molar-refractivity contribution in [3.63, 3.8) is 0 Å². The Hall–Kier alpha value is -3.24. The lowest BCUT2D eigenvalue weighted by Crippen LogP contribution is -2.57. The lowest BCUT2D eigenvalue weighted by atomic mass is 9.76. The summed E-state index contributed by atoms with van der Waals surface area (Å²) in [6, 6.07) is 2.13. The van der Waals surface area contributed by atoms with Crippen LogP contribution in [0.5, 0.6) is 11.5 Å². The van der Waals surface area contributed by atoms with Gasteiger partial charge in [-0.1, -0.05) is 26.2 Å². The fraction of sp³-hybridized carbons (Fsp3) is 0.571. The smallest absolute Gasteiger partial charge is 0.290 e. The van der Waals surface area contributed by atoms with E-state index in [2.05, 4.69) is 5.32 Å². The molecule has 1 fully saturated rings. The molecule has 1 aliphatic heterocycles. The molecule has 0 saturated heterocycles. The van der Waals surface area contributed by atoms with Crippen molar-refractivity contribution in [1.82, 2.24) is 10.2 Å². The number of aldehydes is 1. The molecule has 1 aromatic carbocycles. The average Bonchev–Trinajstić information content (AvgIpc) is 3.34. The zero-order chi connectivity index (χ0) is 27.4. The molecular formula is C28H36N2O8. The topological polar surface area (TPSA) is 142 Å². The van der Waals surface area contributed by atoms with Crippen LogP contribution in [0.2, 0.25) is 0 Å². The Balaban J connectivity index is 1.80. The summed E-state index contributed by atoms with van der Waals surface area (Å²) in [7, 11) is 1.43. The number of nitrogens with zero attached hydrogens (tertiary/aromatic N) is 1. The fourth-order valence-corrected chi connectivity index (χ4v) is 5.86. The van der Waals surface area contributed by atoms with E-state index < -0.39 is 41.8 Å². The number of ether oxygens (including phenoxy) is 2. The summed E-state index contributed by atoms with van der Waals surface area (Å²) in [5.41, 5.74) is 1.06. The van der Waals surface area contributed by atoms with Crippen molar-refractivity contribution in [2.45, 2.75) is 69.6 Å². The Morgan fingerprint density at radius 2 is 1.95 bits per heavy atom. The summed E-state index contributed by atoms with van der Waals surface area (Å²) in [5.74, 6) is -1.73. The summed E-state index contributed by atoms with van der Waals surface area (Å²) >= 11 is 0. The number of nitrogens with one attached hydrogen (secondary N) is 1. The predicted molar refractivity (Wildman–Crippen MR) is 137 cm³/mol. The number of aliphatic hydroxyl groups is 2. The minimum absolute atomic E-state index is 0.00519. The van der Waals surface area contributed by atoms with E-state index in [-0.39, 0.29) is 43.4 Å². The second-order valence-electron chi connectivity index (χ2n) is 10.1. The molecule has 2 aliphatic carbocycles. The van der Waals surface area contributed by atoms with Gasteiger partial charge in [0.1, 0.15) is 18.5 Å². The molecule has 0 bridgehead atoms. The monoisotopic (exact) mass is 528 g/mol. The maximum atomic E-state index is 13.3. The van der Waals surface area contributed by atoms with Gasteiger partial charge >= 0.3 is 0 Å². The maximum absolute atomic E-state index is 13.3. The maximum Gasteiger partial charge on any atom is 0.290 e. The Bertz CT molecular complexity index is 1110. The second-order valence-corrected chi connectivity index (χ2v) is 10.1. The molecule has 1 aromatic rings. The van der Waals surface area contributed by atoms with Gasteiger partial charge in [0.15, 0.2) is 11.5 Å². The zero-order valence-corrected chi connectivity index (χ0v) is 21.9. The van der Waals surface area contributed by atoms with Crippen molar-refractivity contribution in [2.24, 2.45) is 5.92 Å². The first-order valence-corrected chi connectivity index (χ1v) is 13.3. The first kappa shape index (κ1) is 27.8. The van der Waals surface area contributed by atoms with Crippen LogP contribution in [0.4, 0.5) is 0 Å². The van der Waals surface area contributed by atoms with E-state index in [0.29, 0.717) is 23.2 Å². The standard InChI is InChI=1S/C28H36N2O8/c1-3-21(33)28(36)30(14-16-7-5-4-6-8-16)20-13-19(27(35)29-9-10-31)23-18-11-17(15-32)12-22(37-2)25(18)38-26(23)24(20)34/h11-13,15-16,20,23-24,26,31,34H,3-10,14H2,1-2H3,(H,29,35). The Morgan fingerprint density at radius 1 is 1.21 bits per heavy atom. The number of carbonyl (C=O) groups is 4. The van der Waals surface area contributed by atoms with Gasteiger partial charge in [0.05, 0.1) is 25.7 Å². The second kappa shape index (κ2) is 12.1. The fourth-order valence-electron chi connectivity index (χ4n) is 5.86. The van der Waals surface area contributed by atoms with E-state index in [0.717, 1.165) is 32.1 Å². The zero-order valence-electron chi connectivity index (χ0n) is 21.9. The van der Waals surface area contributed by atoms with Crippen molar-refractivity contribution in [2.75, 3.05) is 26.8 Å². The van der Waals surface area contributed by atoms with E-state index in [9.17, 15) is 29.4 Å². The number of ketones is 1. The summed E-state index contributed by atoms with van der Waals surface area (Å²) in [5, 5.41) is 23.6. The molecule has 0 radical (unpaired) electrons. The molecule has 4 atom stereocenters. The molecule has 1 heterocycles. The first-order chi connectivity index (χ1) is 18.3. The van der Waals surface area contributed by atoms with Crippen molar-refractivity contribution < 1.29 is 38.9 Å². The molecule has 3 aliphatic rings. The molecule has 0 aromatic heterocycles. The van der Waals surface area contributed by atoms with Gasteiger partial charge in [-0.05, 0) is 37.0 Å². The van der Waals surface area contributed by atoms with Crippen LogP contribution in [0.1, 0.15) is 67.3 Å². The number of hydrogen-bond acceptors (Lipinski definition) is 8. The molecule has 10 nitrogen and oxygen atoms in total. The number of fused-ring (bicyclic) bond motifs is 3. The van der Waals surface area contributed by atoms with Crippen LogP contribution in [0, 0.1) is 5.92 Å². The summed E-state index contributed by atoms with van der Waals surface area (Å²) < 4.78 is 11.6. The highest BCUT2D eigenvalue weighted by Gasteiger charge is 2.52. The molecule has 4 rings (SSSR count). The highest BCUT2D eigenvalue weighted by atomic mass is 16.5. The quantitative estimate of drug-likeness (QED) is 0.307. The van der Waals surface area contributed by atoms with Crippen LogP contribution in [-0.2, 0) is 14.4 Å². The first-order valence-electron chi connectivity index (χ1n) is 13.3. The third-order valence-corrected chi connectivity index (χ3v) is 7.77. The molecular weight excluding hydrogens is 492 g/mol.